The molecule has 5 nitrogen and oxygen atoms in total. The molecule has 0 aromatic heterocycles. The van der Waals surface area contributed by atoms with Gasteiger partial charge in [0.1, 0.15) is 5.75 Å². The number of hydrogen-bond acceptors (Lipinski definition) is 4. The SMILES string of the molecule is CC[C@H](Oc1ccccc1)C(=O)OCC(=O)N[C@H](C)c1ccc(Br)cc1. The number of para-hydroxylation sites is 1. The molecule has 0 saturated carbocycles. The summed E-state index contributed by atoms with van der Waals surface area (Å²) >= 11 is 3.37. The van der Waals surface area contributed by atoms with E-state index in [1.165, 1.54) is 0 Å². The highest BCUT2D eigenvalue weighted by Crippen LogP contribution is 2.16. The van der Waals surface area contributed by atoms with Crippen LogP contribution in [0.2, 0.25) is 0 Å². The van der Waals surface area contributed by atoms with Gasteiger partial charge < -0.3 is 14.8 Å². The first-order valence-electron chi connectivity index (χ1n) is 8.42. The number of carbonyl (C=O) groups excluding carboxylic acids is 2. The summed E-state index contributed by atoms with van der Waals surface area (Å²) in [4.78, 5) is 24.2. The van der Waals surface area contributed by atoms with Gasteiger partial charge in [-0.15, -0.1) is 0 Å². The largest absolute Gasteiger partial charge is 0.479 e. The number of benzene rings is 2. The highest BCUT2D eigenvalue weighted by molar-refractivity contribution is 9.10. The van der Waals surface area contributed by atoms with Crippen LogP contribution in [0.5, 0.6) is 5.75 Å². The lowest BCUT2D eigenvalue weighted by molar-refractivity contribution is -0.155. The molecule has 2 aromatic rings. The van der Waals surface area contributed by atoms with E-state index in [1.54, 1.807) is 12.1 Å². The monoisotopic (exact) mass is 419 g/mol. The van der Waals surface area contributed by atoms with E-state index in [4.69, 9.17) is 9.47 Å². The fraction of sp³-hybridized carbons (Fsp3) is 0.300. The summed E-state index contributed by atoms with van der Waals surface area (Å²) < 4.78 is 11.7. The quantitative estimate of drug-likeness (QED) is 0.655. The van der Waals surface area contributed by atoms with Gasteiger partial charge >= 0.3 is 5.97 Å². The van der Waals surface area contributed by atoms with Crippen molar-refractivity contribution < 1.29 is 19.1 Å². The van der Waals surface area contributed by atoms with Gasteiger partial charge in [-0.1, -0.05) is 53.2 Å². The van der Waals surface area contributed by atoms with Crippen molar-refractivity contribution in [2.45, 2.75) is 32.4 Å². The number of nitrogens with one attached hydrogen (secondary N) is 1. The fourth-order valence-corrected chi connectivity index (χ4v) is 2.57. The van der Waals surface area contributed by atoms with Crippen LogP contribution in [0.3, 0.4) is 0 Å². The molecule has 0 bridgehead atoms. The number of hydrogen-bond donors (Lipinski definition) is 1. The lowest BCUT2D eigenvalue weighted by Crippen LogP contribution is -2.35. The van der Waals surface area contributed by atoms with Crippen LogP contribution in [0.25, 0.3) is 0 Å². The molecule has 0 aliphatic carbocycles. The zero-order chi connectivity index (χ0) is 18.9. The summed E-state index contributed by atoms with van der Waals surface area (Å²) in [6, 6.07) is 16.5. The van der Waals surface area contributed by atoms with Crippen LogP contribution in [0.4, 0.5) is 0 Å². The summed E-state index contributed by atoms with van der Waals surface area (Å²) in [6.07, 6.45) is -0.293. The Labute approximate surface area is 161 Å². The Morgan fingerprint density at radius 3 is 2.35 bits per heavy atom. The van der Waals surface area contributed by atoms with Gasteiger partial charge in [0.15, 0.2) is 12.7 Å². The van der Waals surface area contributed by atoms with E-state index in [2.05, 4.69) is 21.2 Å². The highest BCUT2D eigenvalue weighted by atomic mass is 79.9. The summed E-state index contributed by atoms with van der Waals surface area (Å²) in [5, 5.41) is 2.81. The lowest BCUT2D eigenvalue weighted by atomic mass is 10.1. The van der Waals surface area contributed by atoms with Crippen molar-refractivity contribution in [3.63, 3.8) is 0 Å². The molecule has 26 heavy (non-hydrogen) atoms. The first kappa shape index (κ1) is 20.0. The van der Waals surface area contributed by atoms with Gasteiger partial charge in [-0.2, -0.15) is 0 Å². The zero-order valence-electron chi connectivity index (χ0n) is 14.8. The molecule has 0 fully saturated rings. The standard InChI is InChI=1S/C20H22BrNO4/c1-3-18(26-17-7-5-4-6-8-17)20(24)25-13-19(23)22-14(2)15-9-11-16(21)12-10-15/h4-12,14,18H,3,13H2,1-2H3,(H,22,23)/t14-,18+/m1/s1. The Kier molecular flexibility index (Phi) is 7.66. The Morgan fingerprint density at radius 2 is 1.73 bits per heavy atom. The molecule has 0 radical (unpaired) electrons. The molecule has 0 saturated heterocycles. The van der Waals surface area contributed by atoms with E-state index in [0.29, 0.717) is 12.2 Å². The zero-order valence-corrected chi connectivity index (χ0v) is 16.4. The molecular formula is C20H22BrNO4. The van der Waals surface area contributed by atoms with Crippen LogP contribution >= 0.6 is 15.9 Å². The minimum atomic E-state index is -0.742. The number of halogens is 1. The van der Waals surface area contributed by atoms with Crippen molar-refractivity contribution in [3.8, 4) is 5.75 Å². The van der Waals surface area contributed by atoms with E-state index in [0.717, 1.165) is 10.0 Å². The van der Waals surface area contributed by atoms with Crippen LogP contribution in [0.15, 0.2) is 59.1 Å². The summed E-state index contributed by atoms with van der Waals surface area (Å²) in [5.41, 5.74) is 0.965. The second-order valence-corrected chi connectivity index (χ2v) is 6.69. The maximum Gasteiger partial charge on any atom is 0.347 e. The maximum atomic E-state index is 12.1. The van der Waals surface area contributed by atoms with Gasteiger partial charge in [0.2, 0.25) is 0 Å². The predicted octanol–water partition coefficient (Wildman–Crippen LogP) is 4.03. The van der Waals surface area contributed by atoms with Gasteiger partial charge in [-0.05, 0) is 43.2 Å². The summed E-state index contributed by atoms with van der Waals surface area (Å²) in [6.45, 7) is 3.36. The van der Waals surface area contributed by atoms with Gasteiger partial charge in [-0.3, -0.25) is 4.79 Å². The fourth-order valence-electron chi connectivity index (χ4n) is 2.31. The van der Waals surface area contributed by atoms with Crippen LogP contribution in [0.1, 0.15) is 31.9 Å². The molecule has 0 spiro atoms. The molecule has 1 amide bonds. The van der Waals surface area contributed by atoms with Crippen LogP contribution in [-0.2, 0) is 14.3 Å². The molecule has 2 rings (SSSR count). The lowest BCUT2D eigenvalue weighted by Gasteiger charge is -2.17. The van der Waals surface area contributed by atoms with E-state index in [1.807, 2.05) is 56.3 Å². The molecule has 138 valence electrons. The number of ether oxygens (including phenoxy) is 2. The Balaban J connectivity index is 1.81. The predicted molar refractivity (Wildman–Crippen MR) is 103 cm³/mol. The molecule has 6 heteroatoms. The summed E-state index contributed by atoms with van der Waals surface area (Å²) in [5.74, 6) is -0.323. The first-order chi connectivity index (χ1) is 12.5. The molecule has 0 unspecified atom stereocenters. The van der Waals surface area contributed by atoms with Crippen molar-refractivity contribution in [3.05, 3.63) is 64.6 Å². The number of carbonyl (C=O) groups is 2. The number of rotatable bonds is 8. The van der Waals surface area contributed by atoms with Crippen molar-refractivity contribution in [2.75, 3.05) is 6.61 Å². The average molecular weight is 420 g/mol. The normalized spacial score (nSPS) is 12.7. The number of amides is 1. The topological polar surface area (TPSA) is 64.6 Å². The Bertz CT molecular complexity index is 718. The Hall–Kier alpha value is -2.34. The minimum Gasteiger partial charge on any atom is -0.479 e. The van der Waals surface area contributed by atoms with E-state index >= 15 is 0 Å². The highest BCUT2D eigenvalue weighted by Gasteiger charge is 2.21. The van der Waals surface area contributed by atoms with Gasteiger partial charge in [0, 0.05) is 4.47 Å². The third kappa shape index (κ3) is 6.19. The van der Waals surface area contributed by atoms with Crippen LogP contribution in [-0.4, -0.2) is 24.6 Å². The van der Waals surface area contributed by atoms with Gasteiger partial charge in [-0.25, -0.2) is 4.79 Å². The van der Waals surface area contributed by atoms with Crippen molar-refractivity contribution in [1.82, 2.24) is 5.32 Å². The third-order valence-electron chi connectivity index (χ3n) is 3.75. The molecular weight excluding hydrogens is 398 g/mol. The van der Waals surface area contributed by atoms with Crippen molar-refractivity contribution >= 4 is 27.8 Å². The molecule has 0 aliphatic heterocycles. The van der Waals surface area contributed by atoms with Crippen LogP contribution in [0, 0.1) is 0 Å². The number of esters is 1. The summed E-state index contributed by atoms with van der Waals surface area (Å²) in [7, 11) is 0. The van der Waals surface area contributed by atoms with E-state index in [-0.39, 0.29) is 18.6 Å². The van der Waals surface area contributed by atoms with Crippen molar-refractivity contribution in [1.29, 1.82) is 0 Å². The van der Waals surface area contributed by atoms with Gasteiger partial charge in [0.25, 0.3) is 5.91 Å². The van der Waals surface area contributed by atoms with Gasteiger partial charge in [0.05, 0.1) is 6.04 Å². The van der Waals surface area contributed by atoms with E-state index < -0.39 is 12.1 Å². The van der Waals surface area contributed by atoms with Crippen LogP contribution < -0.4 is 10.1 Å². The second-order valence-electron chi connectivity index (χ2n) is 5.78. The minimum absolute atomic E-state index is 0.183. The average Bonchev–Trinajstić information content (AvgIpc) is 2.65. The first-order valence-corrected chi connectivity index (χ1v) is 9.22. The smallest absolute Gasteiger partial charge is 0.347 e. The van der Waals surface area contributed by atoms with Crippen molar-refractivity contribution in [2.24, 2.45) is 0 Å². The third-order valence-corrected chi connectivity index (χ3v) is 4.28. The Morgan fingerprint density at radius 1 is 1.08 bits per heavy atom. The molecule has 1 N–H and O–H groups in total. The molecule has 0 aliphatic rings. The second kappa shape index (κ2) is 9.97. The molecule has 2 aromatic carbocycles. The molecule has 0 heterocycles. The molecule has 2 atom stereocenters. The maximum absolute atomic E-state index is 12.1. The van der Waals surface area contributed by atoms with E-state index in [9.17, 15) is 9.59 Å².